The summed E-state index contributed by atoms with van der Waals surface area (Å²) in [5.74, 6) is -0.752. The van der Waals surface area contributed by atoms with Crippen LogP contribution in [0.2, 0.25) is 30.7 Å². The lowest BCUT2D eigenvalue weighted by atomic mass is 10.1. The normalized spacial score (nSPS) is 12.4. The standard InChI is InChI=1S/C27H37ClFN7O2Si/c1-17(2)31-27(37)19-15-35(16-38-10-11-39(5,6)7)26-24(19)32-21(14-30-26)25-23-20(29)12-18(28)13-22(23)36(33-25)9-8-34(3)4/h12-15,17H,8-11,16H2,1-7H3,(H,31,37). The van der Waals surface area contributed by atoms with Gasteiger partial charge in [-0.25, -0.2) is 14.4 Å². The summed E-state index contributed by atoms with van der Waals surface area (Å²) in [5.41, 5.74) is 2.59. The van der Waals surface area contributed by atoms with Crippen LogP contribution < -0.4 is 5.32 Å². The fourth-order valence-corrected chi connectivity index (χ4v) is 5.13. The zero-order valence-corrected chi connectivity index (χ0v) is 25.4. The van der Waals surface area contributed by atoms with E-state index in [0.29, 0.717) is 58.7 Å². The highest BCUT2D eigenvalue weighted by atomic mass is 35.5. The molecule has 9 nitrogen and oxygen atoms in total. The van der Waals surface area contributed by atoms with Crippen LogP contribution in [-0.2, 0) is 18.0 Å². The molecule has 1 aromatic carbocycles. The van der Waals surface area contributed by atoms with Crippen LogP contribution in [0.3, 0.4) is 0 Å². The number of hydrogen-bond acceptors (Lipinski definition) is 6. The Hall–Kier alpha value is -2.86. The molecular formula is C27H37ClFN7O2Si. The van der Waals surface area contributed by atoms with Crippen molar-refractivity contribution in [2.75, 3.05) is 27.2 Å². The molecule has 0 atom stereocenters. The molecule has 1 N–H and O–H groups in total. The molecule has 0 saturated carbocycles. The summed E-state index contributed by atoms with van der Waals surface area (Å²) < 4.78 is 24.7. The van der Waals surface area contributed by atoms with Crippen molar-refractivity contribution in [2.24, 2.45) is 0 Å². The number of aromatic nitrogens is 5. The first kappa shape index (κ1) is 29.1. The fourth-order valence-electron chi connectivity index (χ4n) is 4.18. The van der Waals surface area contributed by atoms with Gasteiger partial charge < -0.3 is 19.5 Å². The van der Waals surface area contributed by atoms with Gasteiger partial charge in [-0.15, -0.1) is 0 Å². The highest BCUT2D eigenvalue weighted by Crippen LogP contribution is 2.32. The minimum Gasteiger partial charge on any atom is -0.361 e. The van der Waals surface area contributed by atoms with Crippen molar-refractivity contribution in [1.29, 1.82) is 0 Å². The molecule has 0 saturated heterocycles. The van der Waals surface area contributed by atoms with Crippen LogP contribution in [0.5, 0.6) is 0 Å². The van der Waals surface area contributed by atoms with E-state index in [2.05, 4.69) is 29.9 Å². The van der Waals surface area contributed by atoms with Crippen molar-refractivity contribution in [3.8, 4) is 11.4 Å². The second kappa shape index (κ2) is 11.7. The highest BCUT2D eigenvalue weighted by molar-refractivity contribution is 6.76. The first-order valence-corrected chi connectivity index (χ1v) is 17.2. The summed E-state index contributed by atoms with van der Waals surface area (Å²) in [6.45, 7) is 12.8. The minimum atomic E-state index is -1.24. The summed E-state index contributed by atoms with van der Waals surface area (Å²) in [4.78, 5) is 24.6. The van der Waals surface area contributed by atoms with Crippen molar-refractivity contribution >= 4 is 47.6 Å². The minimum absolute atomic E-state index is 0.0600. The lowest BCUT2D eigenvalue weighted by molar-refractivity contribution is 0.0890. The maximum absolute atomic E-state index is 15.3. The van der Waals surface area contributed by atoms with Crippen LogP contribution >= 0.6 is 11.6 Å². The topological polar surface area (TPSA) is 90.1 Å². The summed E-state index contributed by atoms with van der Waals surface area (Å²) in [7, 11) is 2.68. The van der Waals surface area contributed by atoms with E-state index in [9.17, 15) is 4.79 Å². The number of likely N-dealkylation sites (N-methyl/N-ethyl adjacent to an activating group) is 1. The number of fused-ring (bicyclic) bond motifs is 2. The molecule has 0 unspecified atom stereocenters. The number of carbonyl (C=O) groups is 1. The maximum atomic E-state index is 15.3. The summed E-state index contributed by atoms with van der Waals surface area (Å²) in [6.07, 6.45) is 3.28. The van der Waals surface area contributed by atoms with Gasteiger partial charge in [-0.3, -0.25) is 9.48 Å². The zero-order valence-electron chi connectivity index (χ0n) is 23.7. The third kappa shape index (κ3) is 6.83. The number of benzene rings is 1. The molecule has 0 aliphatic rings. The molecule has 0 radical (unpaired) electrons. The Balaban J connectivity index is 1.80. The van der Waals surface area contributed by atoms with E-state index in [4.69, 9.17) is 26.4 Å². The van der Waals surface area contributed by atoms with Crippen LogP contribution in [0.25, 0.3) is 33.5 Å². The van der Waals surface area contributed by atoms with Gasteiger partial charge in [0.05, 0.1) is 29.2 Å². The van der Waals surface area contributed by atoms with Crippen LogP contribution in [-0.4, -0.2) is 76.5 Å². The number of nitrogens with zero attached hydrogens (tertiary/aromatic N) is 6. The fraction of sp³-hybridized carbons (Fsp3) is 0.481. The molecule has 3 aromatic heterocycles. The zero-order chi connectivity index (χ0) is 28.5. The Kier molecular flexibility index (Phi) is 8.74. The van der Waals surface area contributed by atoms with Crippen molar-refractivity contribution in [2.45, 2.75) is 58.9 Å². The second-order valence-corrected chi connectivity index (χ2v) is 17.6. The van der Waals surface area contributed by atoms with Gasteiger partial charge >= 0.3 is 0 Å². The van der Waals surface area contributed by atoms with Gasteiger partial charge in [-0.05, 0) is 46.1 Å². The van der Waals surface area contributed by atoms with E-state index in [0.717, 1.165) is 6.04 Å². The number of hydrogen-bond donors (Lipinski definition) is 1. The number of ether oxygens (including phenoxy) is 1. The molecule has 0 spiro atoms. The number of carbonyl (C=O) groups excluding carboxylic acids is 1. The molecule has 4 aromatic rings. The van der Waals surface area contributed by atoms with E-state index in [-0.39, 0.29) is 23.7 Å². The van der Waals surface area contributed by atoms with E-state index in [1.807, 2.05) is 32.8 Å². The first-order valence-electron chi connectivity index (χ1n) is 13.1. The predicted molar refractivity (Wildman–Crippen MR) is 156 cm³/mol. The Labute approximate surface area is 234 Å². The lowest BCUT2D eigenvalue weighted by Gasteiger charge is -2.15. The molecule has 0 fully saturated rings. The summed E-state index contributed by atoms with van der Waals surface area (Å²) in [5, 5.41) is 8.25. The number of rotatable bonds is 11. The van der Waals surface area contributed by atoms with Crippen LogP contribution in [0.4, 0.5) is 4.39 Å². The molecule has 3 heterocycles. The van der Waals surface area contributed by atoms with E-state index < -0.39 is 13.9 Å². The van der Waals surface area contributed by atoms with Gasteiger partial charge in [0.15, 0.2) is 5.65 Å². The van der Waals surface area contributed by atoms with Crippen LogP contribution in [0, 0.1) is 5.82 Å². The van der Waals surface area contributed by atoms with Crippen molar-refractivity contribution in [3.63, 3.8) is 0 Å². The first-order chi connectivity index (χ1) is 18.3. The number of amides is 1. The largest absolute Gasteiger partial charge is 0.361 e. The average molecular weight is 574 g/mol. The molecule has 0 bridgehead atoms. The smallest absolute Gasteiger partial charge is 0.255 e. The van der Waals surface area contributed by atoms with Crippen molar-refractivity contribution in [1.82, 2.24) is 34.5 Å². The van der Waals surface area contributed by atoms with Gasteiger partial charge in [0, 0.05) is 38.5 Å². The summed E-state index contributed by atoms with van der Waals surface area (Å²) >= 11 is 6.19. The van der Waals surface area contributed by atoms with E-state index in [1.54, 1.807) is 27.7 Å². The Morgan fingerprint density at radius 2 is 2.00 bits per heavy atom. The van der Waals surface area contributed by atoms with Gasteiger partial charge in [-0.2, -0.15) is 5.10 Å². The third-order valence-electron chi connectivity index (χ3n) is 6.23. The molecule has 0 aliphatic heterocycles. The maximum Gasteiger partial charge on any atom is 0.255 e. The van der Waals surface area contributed by atoms with Crippen molar-refractivity contribution in [3.05, 3.63) is 40.9 Å². The number of halogens is 2. The van der Waals surface area contributed by atoms with E-state index in [1.165, 1.54) is 6.07 Å². The molecule has 12 heteroatoms. The highest BCUT2D eigenvalue weighted by Gasteiger charge is 2.23. The number of nitrogens with one attached hydrogen (secondary N) is 1. The molecule has 0 aliphatic carbocycles. The SMILES string of the molecule is CC(C)NC(=O)c1cn(COCC[Si](C)(C)C)c2ncc(-c3nn(CCN(C)C)c4cc(Cl)cc(F)c34)nc12. The van der Waals surface area contributed by atoms with Gasteiger partial charge in [-0.1, -0.05) is 31.2 Å². The van der Waals surface area contributed by atoms with Gasteiger partial charge in [0.1, 0.15) is 29.5 Å². The van der Waals surface area contributed by atoms with E-state index >= 15 is 4.39 Å². The Morgan fingerprint density at radius 3 is 2.67 bits per heavy atom. The quantitative estimate of drug-likeness (QED) is 0.195. The van der Waals surface area contributed by atoms with Crippen molar-refractivity contribution < 1.29 is 13.9 Å². The summed E-state index contributed by atoms with van der Waals surface area (Å²) in [6, 6.07) is 3.94. The lowest BCUT2D eigenvalue weighted by Crippen LogP contribution is -2.30. The van der Waals surface area contributed by atoms with Crippen LogP contribution in [0.1, 0.15) is 24.2 Å². The monoisotopic (exact) mass is 573 g/mol. The average Bonchev–Trinajstić information content (AvgIpc) is 3.37. The Morgan fingerprint density at radius 1 is 1.26 bits per heavy atom. The predicted octanol–water partition coefficient (Wildman–Crippen LogP) is 5.25. The molecule has 39 heavy (non-hydrogen) atoms. The molecule has 1 amide bonds. The molecule has 4 rings (SSSR count). The van der Waals surface area contributed by atoms with Gasteiger partial charge in [0.2, 0.25) is 0 Å². The van der Waals surface area contributed by atoms with Gasteiger partial charge in [0.25, 0.3) is 5.91 Å². The molecule has 210 valence electrons. The second-order valence-electron chi connectivity index (χ2n) is 11.6. The molecular weight excluding hydrogens is 537 g/mol. The third-order valence-corrected chi connectivity index (χ3v) is 8.15. The van der Waals surface area contributed by atoms with Crippen LogP contribution in [0.15, 0.2) is 24.5 Å². The Bertz CT molecular complexity index is 1490.